The second-order valence-electron chi connectivity index (χ2n) is 8.11. The summed E-state index contributed by atoms with van der Waals surface area (Å²) in [6, 6.07) is 9.84. The number of benzene rings is 2. The average molecular weight is 490 g/mol. The van der Waals surface area contributed by atoms with Gasteiger partial charge in [0.2, 0.25) is 15.9 Å². The summed E-state index contributed by atoms with van der Waals surface area (Å²) in [5, 5.41) is 2.92. The summed E-state index contributed by atoms with van der Waals surface area (Å²) in [7, 11) is -0.698. The third-order valence-electron chi connectivity index (χ3n) is 5.95. The molecule has 1 atom stereocenters. The molecular formula is C23H27N3O7S. The number of nitrogens with one attached hydrogen (secondary N) is 2. The van der Waals surface area contributed by atoms with E-state index in [0.717, 1.165) is 5.56 Å². The van der Waals surface area contributed by atoms with Crippen molar-refractivity contribution in [2.75, 3.05) is 33.9 Å². The van der Waals surface area contributed by atoms with E-state index in [1.807, 2.05) is 18.2 Å². The number of piperidine rings is 1. The maximum absolute atomic E-state index is 13.2. The molecule has 1 fully saturated rings. The highest BCUT2D eigenvalue weighted by molar-refractivity contribution is 7.89. The number of H-pyrrole nitrogens is 1. The van der Waals surface area contributed by atoms with E-state index in [9.17, 15) is 18.0 Å². The molecule has 34 heavy (non-hydrogen) atoms. The Morgan fingerprint density at radius 3 is 2.74 bits per heavy atom. The molecule has 182 valence electrons. The summed E-state index contributed by atoms with van der Waals surface area (Å²) >= 11 is 0. The Balaban J connectivity index is 1.37. The van der Waals surface area contributed by atoms with Gasteiger partial charge in [-0.1, -0.05) is 6.07 Å². The smallest absolute Gasteiger partial charge is 0.417 e. The van der Waals surface area contributed by atoms with Crippen molar-refractivity contribution in [3.63, 3.8) is 0 Å². The first-order chi connectivity index (χ1) is 16.3. The monoisotopic (exact) mass is 489 g/mol. The number of aromatic amines is 1. The third kappa shape index (κ3) is 4.95. The first kappa shape index (κ1) is 23.8. The highest BCUT2D eigenvalue weighted by atomic mass is 32.2. The molecule has 4 rings (SSSR count). The minimum absolute atomic E-state index is 0.0252. The topological polar surface area (TPSA) is 131 Å². The van der Waals surface area contributed by atoms with Gasteiger partial charge in [-0.2, -0.15) is 4.31 Å². The molecule has 3 aromatic rings. The Hall–Kier alpha value is -3.31. The van der Waals surface area contributed by atoms with Crippen LogP contribution in [0.4, 0.5) is 0 Å². The van der Waals surface area contributed by atoms with Crippen LogP contribution in [0.25, 0.3) is 11.1 Å². The van der Waals surface area contributed by atoms with Crippen molar-refractivity contribution in [3.8, 4) is 11.5 Å². The molecule has 0 radical (unpaired) electrons. The lowest BCUT2D eigenvalue weighted by molar-refractivity contribution is -0.126. The predicted molar refractivity (Wildman–Crippen MR) is 125 cm³/mol. The minimum Gasteiger partial charge on any atom is -0.493 e. The lowest BCUT2D eigenvalue weighted by Gasteiger charge is -2.31. The maximum Gasteiger partial charge on any atom is 0.417 e. The molecule has 2 N–H and O–H groups in total. The molecule has 0 saturated carbocycles. The molecule has 0 aliphatic carbocycles. The van der Waals surface area contributed by atoms with Gasteiger partial charge in [-0.25, -0.2) is 13.2 Å². The Morgan fingerprint density at radius 1 is 1.18 bits per heavy atom. The second kappa shape index (κ2) is 9.90. The van der Waals surface area contributed by atoms with Crippen LogP contribution in [-0.2, 0) is 21.2 Å². The summed E-state index contributed by atoms with van der Waals surface area (Å²) in [5.41, 5.74) is 1.58. The van der Waals surface area contributed by atoms with Gasteiger partial charge in [0.15, 0.2) is 17.1 Å². The van der Waals surface area contributed by atoms with Gasteiger partial charge in [0.1, 0.15) is 0 Å². The number of hydrogen-bond acceptors (Lipinski definition) is 7. The fraction of sp³-hybridized carbons (Fsp3) is 0.391. The van der Waals surface area contributed by atoms with Gasteiger partial charge in [0.05, 0.1) is 30.5 Å². The Morgan fingerprint density at radius 2 is 1.97 bits per heavy atom. The maximum atomic E-state index is 13.2. The lowest BCUT2D eigenvalue weighted by Crippen LogP contribution is -2.45. The van der Waals surface area contributed by atoms with Gasteiger partial charge in [-0.15, -0.1) is 0 Å². The zero-order valence-electron chi connectivity index (χ0n) is 19.0. The number of ether oxygens (including phenoxy) is 2. The third-order valence-corrected chi connectivity index (χ3v) is 7.81. The Bertz CT molecular complexity index is 1350. The van der Waals surface area contributed by atoms with Gasteiger partial charge >= 0.3 is 5.76 Å². The molecule has 0 spiro atoms. The van der Waals surface area contributed by atoms with Gasteiger partial charge in [-0.05, 0) is 49.1 Å². The molecule has 1 saturated heterocycles. The van der Waals surface area contributed by atoms with E-state index < -0.39 is 21.7 Å². The lowest BCUT2D eigenvalue weighted by atomic mass is 9.99. The molecule has 1 aliphatic heterocycles. The molecule has 11 heteroatoms. The van der Waals surface area contributed by atoms with Crippen molar-refractivity contribution in [1.82, 2.24) is 14.6 Å². The molecule has 1 aliphatic rings. The first-order valence-electron chi connectivity index (χ1n) is 10.9. The van der Waals surface area contributed by atoms with Crippen LogP contribution in [0.1, 0.15) is 18.4 Å². The zero-order valence-corrected chi connectivity index (χ0v) is 19.8. The highest BCUT2D eigenvalue weighted by Crippen LogP contribution is 2.28. The molecule has 10 nitrogen and oxygen atoms in total. The van der Waals surface area contributed by atoms with E-state index in [4.69, 9.17) is 13.9 Å². The van der Waals surface area contributed by atoms with Crippen molar-refractivity contribution in [1.29, 1.82) is 0 Å². The fourth-order valence-corrected chi connectivity index (χ4v) is 5.66. The van der Waals surface area contributed by atoms with E-state index in [2.05, 4.69) is 10.3 Å². The summed E-state index contributed by atoms with van der Waals surface area (Å²) in [4.78, 5) is 26.6. The molecule has 2 heterocycles. The second-order valence-corrected chi connectivity index (χ2v) is 10.0. The minimum atomic E-state index is -3.84. The zero-order chi connectivity index (χ0) is 24.3. The van der Waals surface area contributed by atoms with E-state index in [0.29, 0.717) is 49.4 Å². The predicted octanol–water partition coefficient (Wildman–Crippen LogP) is 1.90. The van der Waals surface area contributed by atoms with Crippen molar-refractivity contribution >= 4 is 27.0 Å². The fourth-order valence-electron chi connectivity index (χ4n) is 4.12. The molecule has 1 aromatic heterocycles. The van der Waals surface area contributed by atoms with Crippen molar-refractivity contribution < 1.29 is 27.1 Å². The SMILES string of the molecule is COc1ccc(CCNC(=O)[C@@H]2CCCN(S(=O)(=O)c3ccc4[nH]c(=O)oc4c3)C2)cc1OC. The standard InChI is InChI=1S/C23H27N3O7S/c1-31-19-8-5-15(12-21(19)32-2)9-10-24-22(27)16-4-3-11-26(14-16)34(29,30)17-6-7-18-20(13-17)33-23(28)25-18/h5-8,12-13,16H,3-4,9-11,14H2,1-2H3,(H,24,27)(H,25,28)/t16-/m1/s1. The number of fused-ring (bicyclic) bond motifs is 1. The summed E-state index contributed by atoms with van der Waals surface area (Å²) in [5.74, 6) is -0.00389. The first-order valence-corrected chi connectivity index (χ1v) is 12.4. The molecular weight excluding hydrogens is 462 g/mol. The molecule has 0 unspecified atom stereocenters. The molecule has 2 aromatic carbocycles. The number of rotatable bonds is 8. The normalized spacial score (nSPS) is 16.9. The number of nitrogens with zero attached hydrogens (tertiary/aromatic N) is 1. The average Bonchev–Trinajstić information content (AvgIpc) is 3.23. The van der Waals surface area contributed by atoms with Crippen LogP contribution >= 0.6 is 0 Å². The van der Waals surface area contributed by atoms with Crippen LogP contribution in [0.15, 0.2) is 50.5 Å². The highest BCUT2D eigenvalue weighted by Gasteiger charge is 2.33. The number of sulfonamides is 1. The van der Waals surface area contributed by atoms with Crippen molar-refractivity contribution in [2.45, 2.75) is 24.2 Å². The van der Waals surface area contributed by atoms with Crippen LogP contribution in [0.2, 0.25) is 0 Å². The number of oxazole rings is 1. The van der Waals surface area contributed by atoms with Crippen LogP contribution in [0, 0.1) is 5.92 Å². The van der Waals surface area contributed by atoms with Crippen molar-refractivity contribution in [2.24, 2.45) is 5.92 Å². The number of methoxy groups -OCH3 is 2. The quantitative estimate of drug-likeness (QED) is 0.494. The molecule has 1 amide bonds. The summed E-state index contributed by atoms with van der Waals surface area (Å²) in [6.07, 6.45) is 1.79. The van der Waals surface area contributed by atoms with Gasteiger partial charge in [0, 0.05) is 25.7 Å². The summed E-state index contributed by atoms with van der Waals surface area (Å²) < 4.78 is 43.2. The van der Waals surface area contributed by atoms with Gasteiger partial charge in [-0.3, -0.25) is 9.78 Å². The van der Waals surface area contributed by atoms with Crippen LogP contribution in [0.5, 0.6) is 11.5 Å². The van der Waals surface area contributed by atoms with Crippen molar-refractivity contribution in [3.05, 3.63) is 52.5 Å². The number of hydrogen-bond donors (Lipinski definition) is 2. The Kier molecular flexibility index (Phi) is 6.94. The number of carbonyl (C=O) groups excluding carboxylic acids is 1. The van der Waals surface area contributed by atoms with Crippen LogP contribution < -0.4 is 20.5 Å². The van der Waals surface area contributed by atoms with E-state index in [1.165, 1.54) is 22.5 Å². The van der Waals surface area contributed by atoms with Gasteiger partial charge < -0.3 is 19.2 Å². The van der Waals surface area contributed by atoms with Gasteiger partial charge in [0.25, 0.3) is 0 Å². The number of carbonyl (C=O) groups is 1. The van der Waals surface area contributed by atoms with Crippen LogP contribution in [-0.4, -0.2) is 57.5 Å². The number of aromatic nitrogens is 1. The van der Waals surface area contributed by atoms with E-state index in [1.54, 1.807) is 14.2 Å². The largest absolute Gasteiger partial charge is 0.493 e. The number of amides is 1. The van der Waals surface area contributed by atoms with Crippen LogP contribution in [0.3, 0.4) is 0 Å². The van der Waals surface area contributed by atoms with E-state index in [-0.39, 0.29) is 22.9 Å². The summed E-state index contributed by atoms with van der Waals surface area (Å²) in [6.45, 7) is 0.841. The molecule has 0 bridgehead atoms. The van der Waals surface area contributed by atoms with E-state index >= 15 is 0 Å². The Labute approximate surface area is 196 Å².